The molecule has 0 aliphatic heterocycles. The molecule has 240 valence electrons. The quantitative estimate of drug-likeness (QED) is 0.143. The average Bonchev–Trinajstić information content (AvgIpc) is 2.94. The summed E-state index contributed by atoms with van der Waals surface area (Å²) in [5, 5.41) is 30.3. The zero-order valence-electron chi connectivity index (χ0n) is 25.3. The molecule has 0 heterocycles. The Hall–Kier alpha value is -4.00. The van der Waals surface area contributed by atoms with Gasteiger partial charge in [0, 0.05) is 31.0 Å². The van der Waals surface area contributed by atoms with E-state index in [1.807, 2.05) is 0 Å². The van der Waals surface area contributed by atoms with Crippen LogP contribution in [-0.2, 0) is 41.7 Å². The predicted octanol–water partition coefficient (Wildman–Crippen LogP) is 1.96. The van der Waals surface area contributed by atoms with Crippen molar-refractivity contribution in [2.24, 2.45) is 5.92 Å². The van der Waals surface area contributed by atoms with Crippen LogP contribution >= 0.6 is 11.6 Å². The van der Waals surface area contributed by atoms with Gasteiger partial charge in [0.15, 0.2) is 5.78 Å². The minimum Gasteiger partial charge on any atom is -0.508 e. The molecule has 0 radical (unpaired) electrons. The summed E-state index contributed by atoms with van der Waals surface area (Å²) in [5.41, 5.74) is 1.39. The number of rotatable bonds is 18. The van der Waals surface area contributed by atoms with Crippen LogP contribution in [0.4, 0.5) is 0 Å². The number of phenolic OH excluding ortho intramolecular Hbond substituents is 1. The van der Waals surface area contributed by atoms with Crippen LogP contribution in [0.5, 0.6) is 5.75 Å². The Kier molecular flexibility index (Phi) is 14.8. The lowest BCUT2D eigenvalue weighted by molar-refractivity contribution is -0.140. The van der Waals surface area contributed by atoms with E-state index in [0.717, 1.165) is 0 Å². The van der Waals surface area contributed by atoms with Crippen LogP contribution in [0.1, 0.15) is 45.2 Å². The molecule has 12 nitrogen and oxygen atoms in total. The third-order valence-electron chi connectivity index (χ3n) is 6.60. The third-order valence-corrected chi connectivity index (χ3v) is 6.97. The zero-order valence-corrected chi connectivity index (χ0v) is 26.0. The molecule has 3 amide bonds. The lowest BCUT2D eigenvalue weighted by atomic mass is 10.0. The van der Waals surface area contributed by atoms with Crippen molar-refractivity contribution in [2.75, 3.05) is 13.2 Å². The topological polar surface area (TPSA) is 183 Å². The Labute approximate surface area is 261 Å². The number of benzene rings is 2. The molecule has 44 heavy (non-hydrogen) atoms. The Morgan fingerprint density at radius 1 is 0.886 bits per heavy atom. The van der Waals surface area contributed by atoms with E-state index in [4.69, 9.17) is 16.3 Å². The summed E-state index contributed by atoms with van der Waals surface area (Å²) in [6.07, 6.45) is -0.343. The highest BCUT2D eigenvalue weighted by molar-refractivity contribution is 6.31. The van der Waals surface area contributed by atoms with Crippen molar-refractivity contribution in [3.05, 3.63) is 64.7 Å². The Balaban J connectivity index is 1.97. The number of nitrogens with one attached hydrogen (secondary N) is 4. The molecule has 2 aromatic carbocycles. The summed E-state index contributed by atoms with van der Waals surface area (Å²) in [7, 11) is 0. The van der Waals surface area contributed by atoms with Crippen molar-refractivity contribution in [1.29, 1.82) is 0 Å². The molecule has 0 spiro atoms. The second kappa shape index (κ2) is 18.0. The highest BCUT2D eigenvalue weighted by atomic mass is 35.5. The highest BCUT2D eigenvalue weighted by Gasteiger charge is 2.30. The van der Waals surface area contributed by atoms with Gasteiger partial charge in [0.05, 0.1) is 19.1 Å². The van der Waals surface area contributed by atoms with Gasteiger partial charge in [-0.15, -0.1) is 0 Å². The number of carbonyl (C=O) groups is 5. The maximum absolute atomic E-state index is 13.2. The lowest BCUT2D eigenvalue weighted by Crippen LogP contribution is -2.57. The minimum atomic E-state index is -1.18. The number of ketones is 1. The van der Waals surface area contributed by atoms with Gasteiger partial charge >= 0.3 is 5.97 Å². The second-order valence-corrected chi connectivity index (χ2v) is 11.3. The molecular formula is C31H41ClN4O8. The summed E-state index contributed by atoms with van der Waals surface area (Å²) in [5.74, 6) is -3.37. The zero-order chi connectivity index (χ0) is 32.8. The Morgan fingerprint density at radius 3 is 2.14 bits per heavy atom. The molecule has 4 atom stereocenters. The molecule has 13 heteroatoms. The van der Waals surface area contributed by atoms with E-state index in [9.17, 15) is 34.2 Å². The van der Waals surface area contributed by atoms with Gasteiger partial charge in [-0.2, -0.15) is 0 Å². The van der Waals surface area contributed by atoms with Crippen molar-refractivity contribution >= 4 is 41.1 Å². The molecule has 0 aliphatic rings. The van der Waals surface area contributed by atoms with Crippen LogP contribution in [0.3, 0.4) is 0 Å². The fourth-order valence-electron chi connectivity index (χ4n) is 4.27. The van der Waals surface area contributed by atoms with Crippen LogP contribution in [0, 0.1) is 5.92 Å². The predicted molar refractivity (Wildman–Crippen MR) is 164 cm³/mol. The summed E-state index contributed by atoms with van der Waals surface area (Å²) < 4.78 is 5.46. The van der Waals surface area contributed by atoms with E-state index in [1.165, 1.54) is 19.1 Å². The highest BCUT2D eigenvalue weighted by Crippen LogP contribution is 2.16. The lowest BCUT2D eigenvalue weighted by Gasteiger charge is -2.27. The maximum atomic E-state index is 13.2. The van der Waals surface area contributed by atoms with Crippen molar-refractivity contribution in [3.63, 3.8) is 0 Å². The van der Waals surface area contributed by atoms with Gasteiger partial charge in [-0.3, -0.25) is 24.0 Å². The molecule has 2 aromatic rings. The van der Waals surface area contributed by atoms with E-state index in [1.54, 1.807) is 57.2 Å². The van der Waals surface area contributed by atoms with Gasteiger partial charge in [0.1, 0.15) is 24.4 Å². The number of halogens is 1. The van der Waals surface area contributed by atoms with E-state index in [2.05, 4.69) is 21.3 Å². The van der Waals surface area contributed by atoms with Crippen molar-refractivity contribution in [2.45, 2.75) is 71.3 Å². The number of aliphatic carboxylic acids is 1. The monoisotopic (exact) mass is 632 g/mol. The number of Topliss-reactive ketones (excluding diaryl/α,β-unsaturated/α-hetero) is 1. The first-order valence-electron chi connectivity index (χ1n) is 14.2. The normalized spacial score (nSPS) is 13.8. The van der Waals surface area contributed by atoms with E-state index < -0.39 is 60.1 Å². The minimum absolute atomic E-state index is 0.0636. The fraction of sp³-hybridized carbons (Fsp3) is 0.452. The number of phenols is 1. The van der Waals surface area contributed by atoms with E-state index in [0.29, 0.717) is 16.1 Å². The number of ether oxygens (including phenoxy) is 1. The van der Waals surface area contributed by atoms with Crippen molar-refractivity contribution in [3.8, 4) is 5.75 Å². The average molecular weight is 633 g/mol. The summed E-state index contributed by atoms with van der Waals surface area (Å²) in [4.78, 5) is 62.3. The van der Waals surface area contributed by atoms with E-state index >= 15 is 0 Å². The number of hydrogen-bond acceptors (Lipinski definition) is 8. The fourth-order valence-corrected chi connectivity index (χ4v) is 4.46. The summed E-state index contributed by atoms with van der Waals surface area (Å²) in [6, 6.07) is 9.69. The standard InChI is InChI=1S/C31H41ClN4O8/c1-18(2)29(36-30(42)26(35-20(4)37)13-21-9-11-23(38)12-10-21)31(43)34-19(3)15-33-25(14-28(40)41)27(39)17-44-16-22-7-5-6-8-24(22)32/h5-12,18-19,25-26,29,33,38H,13-17H2,1-4H3,(H,34,43)(H,35,37)(H,36,42)(H,40,41)/t19-,25-,26-,29-/m0/s1. The van der Waals surface area contributed by atoms with Gasteiger partial charge in [-0.1, -0.05) is 55.8 Å². The molecule has 6 N–H and O–H groups in total. The number of carbonyl (C=O) groups excluding carboxylic acids is 4. The molecule has 0 aliphatic carbocycles. The number of carboxylic acid groups (broad SMARTS) is 1. The van der Waals surface area contributed by atoms with Crippen molar-refractivity contribution in [1.82, 2.24) is 21.3 Å². The van der Waals surface area contributed by atoms with Crippen molar-refractivity contribution < 1.29 is 38.9 Å². The smallest absolute Gasteiger partial charge is 0.305 e. The summed E-state index contributed by atoms with van der Waals surface area (Å²) >= 11 is 6.10. The van der Waals surface area contributed by atoms with Gasteiger partial charge in [0.25, 0.3) is 0 Å². The molecule has 0 bridgehead atoms. The molecule has 0 aromatic heterocycles. The SMILES string of the molecule is CC(=O)N[C@@H](Cc1ccc(O)cc1)C(=O)N[C@H](C(=O)N[C@@H](C)CN[C@@H](CC(=O)O)C(=O)COCc1ccccc1Cl)C(C)C. The molecule has 0 saturated carbocycles. The largest absolute Gasteiger partial charge is 0.508 e. The van der Waals surface area contributed by atoms with Crippen LogP contribution in [0.2, 0.25) is 5.02 Å². The van der Waals surface area contributed by atoms with Gasteiger partial charge in [0.2, 0.25) is 17.7 Å². The maximum Gasteiger partial charge on any atom is 0.305 e. The molecule has 0 unspecified atom stereocenters. The van der Waals surface area contributed by atoms with Crippen LogP contribution < -0.4 is 21.3 Å². The number of aromatic hydroxyl groups is 1. The van der Waals surface area contributed by atoms with Gasteiger partial charge in [-0.25, -0.2) is 0 Å². The van der Waals surface area contributed by atoms with Crippen LogP contribution in [-0.4, -0.2) is 77.0 Å². The molecule has 2 rings (SSSR count). The first-order valence-corrected chi connectivity index (χ1v) is 14.6. The Morgan fingerprint density at radius 2 is 1.55 bits per heavy atom. The van der Waals surface area contributed by atoms with Crippen LogP contribution in [0.15, 0.2) is 48.5 Å². The summed E-state index contributed by atoms with van der Waals surface area (Å²) in [6.45, 7) is 6.27. The van der Waals surface area contributed by atoms with E-state index in [-0.39, 0.29) is 37.8 Å². The number of amides is 3. The Bertz CT molecular complexity index is 1290. The second-order valence-electron chi connectivity index (χ2n) is 10.9. The molecular weight excluding hydrogens is 592 g/mol. The van der Waals surface area contributed by atoms with Crippen LogP contribution in [0.25, 0.3) is 0 Å². The number of hydrogen-bond donors (Lipinski definition) is 6. The van der Waals surface area contributed by atoms with Gasteiger partial charge < -0.3 is 36.2 Å². The first-order chi connectivity index (χ1) is 20.8. The third kappa shape index (κ3) is 12.7. The van der Waals surface area contributed by atoms with Gasteiger partial charge in [-0.05, 0) is 42.2 Å². The first kappa shape index (κ1) is 36.2. The molecule has 0 saturated heterocycles. The molecule has 0 fully saturated rings. The number of carboxylic acids is 1.